The number of carbonyl (C=O) groups excluding carboxylic acids is 1. The Labute approximate surface area is 165 Å². The SMILES string of the molecule is CCCCOc1ccc(S(=O)(=O)N(N2CCCC2)S(=O)(=O)CN(O)C=O)cc1. The Kier molecular flexibility index (Phi) is 7.78. The number of hydrogen-bond acceptors (Lipinski definition) is 8. The minimum absolute atomic E-state index is 0.102. The molecule has 0 saturated carbocycles. The third-order valence-corrected chi connectivity index (χ3v) is 8.14. The maximum atomic E-state index is 13.1. The summed E-state index contributed by atoms with van der Waals surface area (Å²) in [7, 11) is -9.04. The van der Waals surface area contributed by atoms with E-state index in [0.29, 0.717) is 25.2 Å². The van der Waals surface area contributed by atoms with E-state index in [0.717, 1.165) is 12.8 Å². The summed E-state index contributed by atoms with van der Waals surface area (Å²) in [6, 6.07) is 5.46. The zero-order chi connectivity index (χ0) is 20.8. The number of amides is 1. The molecule has 0 aliphatic carbocycles. The molecule has 0 spiro atoms. The molecule has 0 radical (unpaired) electrons. The first kappa shape index (κ1) is 22.6. The number of ether oxygens (including phenoxy) is 1. The molecule has 158 valence electrons. The molecule has 28 heavy (non-hydrogen) atoms. The van der Waals surface area contributed by atoms with Gasteiger partial charge in [0.2, 0.25) is 6.41 Å². The van der Waals surface area contributed by atoms with Crippen molar-refractivity contribution < 1.29 is 31.6 Å². The van der Waals surface area contributed by atoms with Crippen molar-refractivity contribution in [3.63, 3.8) is 0 Å². The van der Waals surface area contributed by atoms with Crippen LogP contribution in [0.4, 0.5) is 0 Å². The van der Waals surface area contributed by atoms with E-state index < -0.39 is 25.9 Å². The molecule has 0 unspecified atom stereocenters. The Bertz CT molecular complexity index is 851. The Morgan fingerprint density at radius 1 is 1.14 bits per heavy atom. The first-order valence-corrected chi connectivity index (χ1v) is 11.9. The van der Waals surface area contributed by atoms with Crippen LogP contribution in [0.2, 0.25) is 0 Å². The Hall–Kier alpha value is -1.73. The fourth-order valence-corrected chi connectivity index (χ4v) is 6.45. The lowest BCUT2D eigenvalue weighted by atomic mass is 10.3. The summed E-state index contributed by atoms with van der Waals surface area (Å²) in [5, 5.41) is 10.4. The van der Waals surface area contributed by atoms with Crippen molar-refractivity contribution in [1.29, 1.82) is 0 Å². The molecule has 1 heterocycles. The number of carbonyl (C=O) groups is 1. The van der Waals surface area contributed by atoms with Crippen molar-refractivity contribution in [2.24, 2.45) is 0 Å². The number of rotatable bonds is 11. The van der Waals surface area contributed by atoms with Gasteiger partial charge in [-0.1, -0.05) is 13.3 Å². The van der Waals surface area contributed by atoms with Gasteiger partial charge in [-0.2, -0.15) is 0 Å². The lowest BCUT2D eigenvalue weighted by molar-refractivity contribution is -0.145. The Balaban J connectivity index is 2.34. The first-order chi connectivity index (χ1) is 13.2. The highest BCUT2D eigenvalue weighted by Gasteiger charge is 2.42. The summed E-state index contributed by atoms with van der Waals surface area (Å²) < 4.78 is 57.3. The zero-order valence-electron chi connectivity index (χ0n) is 15.6. The van der Waals surface area contributed by atoms with E-state index in [1.807, 2.05) is 6.92 Å². The van der Waals surface area contributed by atoms with E-state index >= 15 is 0 Å². The van der Waals surface area contributed by atoms with Crippen LogP contribution in [0, 0.1) is 0 Å². The van der Waals surface area contributed by atoms with Gasteiger partial charge >= 0.3 is 0 Å². The van der Waals surface area contributed by atoms with Gasteiger partial charge in [0.25, 0.3) is 20.0 Å². The molecular formula is C16H25N3O7S2. The number of hydrogen-bond donors (Lipinski definition) is 1. The zero-order valence-corrected chi connectivity index (χ0v) is 17.2. The van der Waals surface area contributed by atoms with E-state index in [9.17, 15) is 26.8 Å². The highest BCUT2D eigenvalue weighted by molar-refractivity contribution is 8.03. The third kappa shape index (κ3) is 5.41. The highest BCUT2D eigenvalue weighted by atomic mass is 32.3. The molecule has 0 atom stereocenters. The molecule has 1 fully saturated rings. The summed E-state index contributed by atoms with van der Waals surface area (Å²) >= 11 is 0. The molecule has 12 heteroatoms. The second kappa shape index (κ2) is 9.65. The van der Waals surface area contributed by atoms with Crippen LogP contribution in [-0.2, 0) is 24.8 Å². The van der Waals surface area contributed by atoms with Gasteiger partial charge in [0.15, 0.2) is 5.88 Å². The summed E-state index contributed by atoms with van der Waals surface area (Å²) in [5.74, 6) is -0.699. The van der Waals surface area contributed by atoms with Crippen molar-refractivity contribution in [2.45, 2.75) is 37.5 Å². The van der Waals surface area contributed by atoms with Crippen molar-refractivity contribution in [1.82, 2.24) is 13.9 Å². The predicted octanol–water partition coefficient (Wildman–Crippen LogP) is 1.00. The van der Waals surface area contributed by atoms with Gasteiger partial charge in [0.1, 0.15) is 5.75 Å². The number of nitrogens with zero attached hydrogens (tertiary/aromatic N) is 3. The molecule has 0 aromatic heterocycles. The Morgan fingerprint density at radius 2 is 1.75 bits per heavy atom. The van der Waals surface area contributed by atoms with Gasteiger partial charge in [0.05, 0.1) is 11.5 Å². The van der Waals surface area contributed by atoms with Gasteiger partial charge in [-0.15, -0.1) is 0 Å². The molecule has 1 saturated heterocycles. The molecule has 1 aromatic rings. The lowest BCUT2D eigenvalue weighted by Crippen LogP contribution is -2.51. The van der Waals surface area contributed by atoms with Crippen molar-refractivity contribution in [2.75, 3.05) is 25.6 Å². The number of unbranched alkanes of at least 4 members (excludes halogenated alkanes) is 1. The van der Waals surface area contributed by atoms with Crippen LogP contribution in [0.15, 0.2) is 29.2 Å². The van der Waals surface area contributed by atoms with Crippen LogP contribution in [-0.4, -0.2) is 67.9 Å². The maximum Gasteiger partial charge on any atom is 0.269 e. The van der Waals surface area contributed by atoms with Crippen LogP contribution >= 0.6 is 0 Å². The van der Waals surface area contributed by atoms with E-state index in [4.69, 9.17) is 4.74 Å². The van der Waals surface area contributed by atoms with Gasteiger partial charge in [0, 0.05) is 13.1 Å². The molecule has 2 rings (SSSR count). The van der Waals surface area contributed by atoms with Crippen LogP contribution in [0.25, 0.3) is 0 Å². The normalized spacial score (nSPS) is 15.7. The highest BCUT2D eigenvalue weighted by Crippen LogP contribution is 2.26. The van der Waals surface area contributed by atoms with Crippen molar-refractivity contribution >= 4 is 26.5 Å². The molecule has 1 N–H and O–H groups in total. The predicted molar refractivity (Wildman–Crippen MR) is 100 cm³/mol. The largest absolute Gasteiger partial charge is 0.494 e. The molecule has 0 bridgehead atoms. The summed E-state index contributed by atoms with van der Waals surface area (Å²) in [6.45, 7) is 2.96. The minimum atomic E-state index is -4.57. The number of sulfonamides is 2. The topological polar surface area (TPSA) is 125 Å². The number of hydrazine groups is 1. The van der Waals surface area contributed by atoms with Crippen molar-refractivity contribution in [3.8, 4) is 5.75 Å². The monoisotopic (exact) mass is 435 g/mol. The second-order valence-electron chi connectivity index (χ2n) is 6.30. The quantitative estimate of drug-likeness (QED) is 0.236. The Morgan fingerprint density at radius 3 is 2.29 bits per heavy atom. The van der Waals surface area contributed by atoms with E-state index in [1.165, 1.54) is 29.3 Å². The van der Waals surface area contributed by atoms with Crippen molar-refractivity contribution in [3.05, 3.63) is 24.3 Å². The van der Waals surface area contributed by atoms with Gasteiger partial charge in [-0.05, 0) is 47.3 Å². The smallest absolute Gasteiger partial charge is 0.269 e. The average molecular weight is 436 g/mol. The summed E-state index contributed by atoms with van der Waals surface area (Å²) in [6.07, 6.45) is 2.96. The van der Waals surface area contributed by atoms with E-state index in [-0.39, 0.29) is 33.3 Å². The second-order valence-corrected chi connectivity index (χ2v) is 10.1. The fourth-order valence-electron chi connectivity index (χ4n) is 2.72. The van der Waals surface area contributed by atoms with Crippen LogP contribution in [0.1, 0.15) is 32.6 Å². The summed E-state index contributed by atoms with van der Waals surface area (Å²) in [5.41, 5.74) is 0. The van der Waals surface area contributed by atoms with E-state index in [2.05, 4.69) is 0 Å². The van der Waals surface area contributed by atoms with Crippen LogP contribution in [0.5, 0.6) is 5.75 Å². The minimum Gasteiger partial charge on any atom is -0.494 e. The van der Waals surface area contributed by atoms with E-state index in [1.54, 1.807) is 0 Å². The average Bonchev–Trinajstić information content (AvgIpc) is 3.15. The lowest BCUT2D eigenvalue weighted by Gasteiger charge is -2.30. The van der Waals surface area contributed by atoms with Gasteiger partial charge < -0.3 is 4.74 Å². The number of benzene rings is 1. The fraction of sp³-hybridized carbons (Fsp3) is 0.562. The number of hydroxylamine groups is 2. The van der Waals surface area contributed by atoms with Gasteiger partial charge in [-0.25, -0.2) is 26.9 Å². The maximum absolute atomic E-state index is 13.1. The van der Waals surface area contributed by atoms with Crippen LogP contribution in [0.3, 0.4) is 0 Å². The molecule has 1 aromatic carbocycles. The molecular weight excluding hydrogens is 410 g/mol. The van der Waals surface area contributed by atoms with Crippen LogP contribution < -0.4 is 4.74 Å². The third-order valence-electron chi connectivity index (χ3n) is 4.06. The molecule has 1 aliphatic heterocycles. The van der Waals surface area contributed by atoms with Gasteiger partial charge in [-0.3, -0.25) is 10.0 Å². The standard InChI is InChI=1S/C16H25N3O7S2/c1-2-3-12-26-15-6-8-16(9-7-15)28(24,25)19(17-10-4-5-11-17)27(22,23)14-18(21)13-20/h6-9,13,21H,2-5,10-12,14H2,1H3. The molecule has 10 nitrogen and oxygen atoms in total. The molecule has 1 amide bonds. The molecule has 1 aliphatic rings. The summed E-state index contributed by atoms with van der Waals surface area (Å²) in [4.78, 5) is 10.4. The first-order valence-electron chi connectivity index (χ1n) is 8.89.